The van der Waals surface area contributed by atoms with E-state index in [2.05, 4.69) is 11.2 Å². The largest absolute Gasteiger partial charge is 0.508 e. The molecule has 5 nitrogen and oxygen atoms in total. The Balaban J connectivity index is 2.05. The molecule has 23 heavy (non-hydrogen) atoms. The number of fused-ring (bicyclic) bond motifs is 1. The molecule has 0 aliphatic rings. The summed E-state index contributed by atoms with van der Waals surface area (Å²) in [4.78, 5) is 10.8. The first-order valence-corrected chi connectivity index (χ1v) is 7.42. The summed E-state index contributed by atoms with van der Waals surface area (Å²) in [6.45, 7) is 1.93. The number of carbonyl (C=O) groups is 1. The molecule has 0 saturated heterocycles. The van der Waals surface area contributed by atoms with Crippen molar-refractivity contribution in [2.24, 2.45) is 7.05 Å². The molecule has 0 aliphatic carbocycles. The lowest BCUT2D eigenvalue weighted by atomic mass is 9.95. The van der Waals surface area contributed by atoms with E-state index in [1.165, 1.54) is 0 Å². The quantitative estimate of drug-likeness (QED) is 0.775. The molecule has 0 bridgehead atoms. The maximum absolute atomic E-state index is 10.8. The Morgan fingerprint density at radius 2 is 2.04 bits per heavy atom. The molecule has 0 amide bonds. The minimum Gasteiger partial charge on any atom is -0.508 e. The average Bonchev–Trinajstić information content (AvgIpc) is 2.87. The van der Waals surface area contributed by atoms with Crippen LogP contribution in [0.3, 0.4) is 0 Å². The number of hydrogen-bond acceptors (Lipinski definition) is 3. The number of aliphatic carboxylic acids is 1. The standard InChI is InChI=1S/C18H18N2O3/c1-11-7-17(21)13(4-6-18(22)23)9-15(11)12-3-5-16-14(8-12)10-19-20(16)2/h3,5,7-10,21H,4,6H2,1-2H3,(H,22,23). The second-order valence-electron chi connectivity index (χ2n) is 5.73. The van der Waals surface area contributed by atoms with Gasteiger partial charge >= 0.3 is 5.97 Å². The molecule has 0 saturated carbocycles. The number of phenolic OH excluding ortho intramolecular Hbond substituents is 1. The molecule has 0 fully saturated rings. The summed E-state index contributed by atoms with van der Waals surface area (Å²) in [5, 5.41) is 24.2. The number of carboxylic acids is 1. The van der Waals surface area contributed by atoms with Gasteiger partial charge in [0.15, 0.2) is 0 Å². The van der Waals surface area contributed by atoms with E-state index in [9.17, 15) is 9.90 Å². The SMILES string of the molecule is Cc1cc(O)c(CCC(=O)O)cc1-c1ccc2c(cnn2C)c1. The highest BCUT2D eigenvalue weighted by molar-refractivity contribution is 5.85. The van der Waals surface area contributed by atoms with Crippen LogP contribution in [0.15, 0.2) is 36.5 Å². The minimum absolute atomic E-state index is 0.00228. The lowest BCUT2D eigenvalue weighted by Gasteiger charge is -2.11. The predicted molar refractivity (Wildman–Crippen MR) is 88.5 cm³/mol. The van der Waals surface area contributed by atoms with Crippen LogP contribution in [0.25, 0.3) is 22.0 Å². The molecule has 0 spiro atoms. The summed E-state index contributed by atoms with van der Waals surface area (Å²) in [5.41, 5.74) is 4.67. The summed E-state index contributed by atoms with van der Waals surface area (Å²) in [7, 11) is 1.90. The number of nitrogens with zero attached hydrogens (tertiary/aromatic N) is 2. The number of benzene rings is 2. The van der Waals surface area contributed by atoms with Crippen LogP contribution in [0, 0.1) is 6.92 Å². The Labute approximate surface area is 133 Å². The van der Waals surface area contributed by atoms with Gasteiger partial charge in [-0.05, 0) is 59.9 Å². The molecule has 0 unspecified atom stereocenters. The second kappa shape index (κ2) is 5.76. The highest BCUT2D eigenvalue weighted by Crippen LogP contribution is 2.32. The molecular weight excluding hydrogens is 292 g/mol. The van der Waals surface area contributed by atoms with Crippen molar-refractivity contribution < 1.29 is 15.0 Å². The number of hydrogen-bond donors (Lipinski definition) is 2. The second-order valence-corrected chi connectivity index (χ2v) is 5.73. The molecule has 2 N–H and O–H groups in total. The fourth-order valence-corrected chi connectivity index (χ4v) is 2.82. The smallest absolute Gasteiger partial charge is 0.303 e. The van der Waals surface area contributed by atoms with Crippen molar-refractivity contribution in [1.82, 2.24) is 9.78 Å². The van der Waals surface area contributed by atoms with Gasteiger partial charge in [-0.1, -0.05) is 6.07 Å². The van der Waals surface area contributed by atoms with Crippen LogP contribution < -0.4 is 0 Å². The molecule has 1 heterocycles. The molecule has 1 aromatic heterocycles. The monoisotopic (exact) mass is 310 g/mol. The van der Waals surface area contributed by atoms with Crippen LogP contribution in [0.4, 0.5) is 0 Å². The Bertz CT molecular complexity index is 897. The predicted octanol–water partition coefficient (Wildman–Crippen LogP) is 3.27. The Hall–Kier alpha value is -2.82. The molecule has 3 rings (SSSR count). The van der Waals surface area contributed by atoms with Crippen molar-refractivity contribution in [2.45, 2.75) is 19.8 Å². The first kappa shape index (κ1) is 15.1. The molecule has 0 atom stereocenters. The first-order valence-electron chi connectivity index (χ1n) is 7.42. The van der Waals surface area contributed by atoms with Gasteiger partial charge in [0.2, 0.25) is 0 Å². The molecular formula is C18H18N2O3. The number of rotatable bonds is 4. The van der Waals surface area contributed by atoms with Gasteiger partial charge in [0, 0.05) is 18.9 Å². The zero-order valence-corrected chi connectivity index (χ0v) is 13.1. The van der Waals surface area contributed by atoms with Crippen molar-refractivity contribution in [3.8, 4) is 16.9 Å². The summed E-state index contributed by atoms with van der Waals surface area (Å²) in [6.07, 6.45) is 2.13. The molecule has 2 aromatic carbocycles. The summed E-state index contributed by atoms with van der Waals surface area (Å²) in [6, 6.07) is 9.67. The van der Waals surface area contributed by atoms with E-state index < -0.39 is 5.97 Å². The van der Waals surface area contributed by atoms with Gasteiger partial charge in [0.1, 0.15) is 5.75 Å². The van der Waals surface area contributed by atoms with Gasteiger partial charge in [-0.3, -0.25) is 9.48 Å². The molecule has 0 radical (unpaired) electrons. The van der Waals surface area contributed by atoms with Crippen molar-refractivity contribution >= 4 is 16.9 Å². The summed E-state index contributed by atoms with van der Waals surface area (Å²) in [5.74, 6) is -0.724. The van der Waals surface area contributed by atoms with Crippen molar-refractivity contribution in [2.75, 3.05) is 0 Å². The van der Waals surface area contributed by atoms with Crippen LogP contribution in [-0.4, -0.2) is 26.0 Å². The fraction of sp³-hybridized carbons (Fsp3) is 0.222. The Morgan fingerprint density at radius 1 is 1.26 bits per heavy atom. The number of aromatic nitrogens is 2. The highest BCUT2D eigenvalue weighted by atomic mass is 16.4. The number of aromatic hydroxyl groups is 1. The third-order valence-corrected chi connectivity index (χ3v) is 4.09. The number of phenols is 1. The van der Waals surface area contributed by atoms with Gasteiger partial charge in [-0.15, -0.1) is 0 Å². The van der Waals surface area contributed by atoms with Gasteiger partial charge in [-0.25, -0.2) is 0 Å². The van der Waals surface area contributed by atoms with Crippen LogP contribution in [0.1, 0.15) is 17.5 Å². The van der Waals surface area contributed by atoms with E-state index in [1.54, 1.807) is 6.07 Å². The van der Waals surface area contributed by atoms with Crippen LogP contribution >= 0.6 is 0 Å². The van der Waals surface area contributed by atoms with E-state index >= 15 is 0 Å². The van der Waals surface area contributed by atoms with Crippen LogP contribution in [-0.2, 0) is 18.3 Å². The van der Waals surface area contributed by atoms with E-state index in [4.69, 9.17) is 5.11 Å². The van der Waals surface area contributed by atoms with Gasteiger partial charge < -0.3 is 10.2 Å². The maximum atomic E-state index is 10.8. The van der Waals surface area contributed by atoms with Crippen LogP contribution in [0.5, 0.6) is 5.75 Å². The summed E-state index contributed by atoms with van der Waals surface area (Å²) >= 11 is 0. The van der Waals surface area contributed by atoms with Crippen molar-refractivity contribution in [1.29, 1.82) is 0 Å². The zero-order chi connectivity index (χ0) is 16.6. The average molecular weight is 310 g/mol. The van der Waals surface area contributed by atoms with Crippen LogP contribution in [0.2, 0.25) is 0 Å². The maximum Gasteiger partial charge on any atom is 0.303 e. The minimum atomic E-state index is -0.872. The number of aryl methyl sites for hydroxylation is 3. The van der Waals surface area contributed by atoms with Crippen molar-refractivity contribution in [3.05, 3.63) is 47.7 Å². The molecule has 3 aromatic rings. The normalized spacial score (nSPS) is 11.0. The first-order chi connectivity index (χ1) is 11.0. The van der Waals surface area contributed by atoms with E-state index in [0.717, 1.165) is 27.6 Å². The summed E-state index contributed by atoms with van der Waals surface area (Å²) < 4.78 is 1.82. The molecule has 118 valence electrons. The number of carboxylic acid groups (broad SMARTS) is 1. The van der Waals surface area contributed by atoms with E-state index in [0.29, 0.717) is 12.0 Å². The van der Waals surface area contributed by atoms with E-state index in [-0.39, 0.29) is 12.2 Å². The van der Waals surface area contributed by atoms with Gasteiger partial charge in [-0.2, -0.15) is 5.10 Å². The lowest BCUT2D eigenvalue weighted by molar-refractivity contribution is -0.136. The fourth-order valence-electron chi connectivity index (χ4n) is 2.82. The van der Waals surface area contributed by atoms with Gasteiger partial charge in [0.25, 0.3) is 0 Å². The van der Waals surface area contributed by atoms with E-state index in [1.807, 2.05) is 43.0 Å². The van der Waals surface area contributed by atoms with Crippen molar-refractivity contribution in [3.63, 3.8) is 0 Å². The molecule has 5 heteroatoms. The lowest BCUT2D eigenvalue weighted by Crippen LogP contribution is -1.98. The Kier molecular flexibility index (Phi) is 3.78. The third-order valence-electron chi connectivity index (χ3n) is 4.09. The highest BCUT2D eigenvalue weighted by Gasteiger charge is 2.11. The topological polar surface area (TPSA) is 75.3 Å². The van der Waals surface area contributed by atoms with Gasteiger partial charge in [0.05, 0.1) is 11.7 Å². The molecule has 0 aliphatic heterocycles. The third kappa shape index (κ3) is 2.90. The Morgan fingerprint density at radius 3 is 2.78 bits per heavy atom. The zero-order valence-electron chi connectivity index (χ0n) is 13.1.